The van der Waals surface area contributed by atoms with Gasteiger partial charge in [-0.1, -0.05) is 55.9 Å². The molecular weight excluding hydrogens is 330 g/mol. The molecular formula is C19H23N5S. The molecule has 25 heavy (non-hydrogen) atoms. The van der Waals surface area contributed by atoms with E-state index in [2.05, 4.69) is 59.6 Å². The van der Waals surface area contributed by atoms with Crippen LogP contribution in [0.25, 0.3) is 5.65 Å². The minimum atomic E-state index is 0.265. The monoisotopic (exact) mass is 353 g/mol. The van der Waals surface area contributed by atoms with Crippen LogP contribution in [-0.4, -0.2) is 25.8 Å². The molecule has 3 aromatic rings. The maximum atomic E-state index is 4.71. The van der Waals surface area contributed by atoms with Gasteiger partial charge in [0.1, 0.15) is 0 Å². The van der Waals surface area contributed by atoms with E-state index in [4.69, 9.17) is 4.98 Å². The van der Waals surface area contributed by atoms with Crippen molar-refractivity contribution in [1.82, 2.24) is 19.6 Å². The summed E-state index contributed by atoms with van der Waals surface area (Å²) >= 11 is 1.57. The summed E-state index contributed by atoms with van der Waals surface area (Å²) in [5.74, 6) is 1.82. The van der Waals surface area contributed by atoms with Crippen LogP contribution in [-0.2, 0) is 0 Å². The molecule has 130 valence electrons. The van der Waals surface area contributed by atoms with Crippen LogP contribution < -0.4 is 5.32 Å². The molecule has 2 heterocycles. The number of hydrogen-bond donors (Lipinski definition) is 1. The van der Waals surface area contributed by atoms with E-state index in [1.54, 1.807) is 11.8 Å². The fourth-order valence-corrected chi connectivity index (χ4v) is 3.52. The Kier molecular flexibility index (Phi) is 4.37. The van der Waals surface area contributed by atoms with Crippen molar-refractivity contribution in [2.45, 2.75) is 43.8 Å². The molecule has 1 aromatic carbocycles. The second-order valence-corrected chi connectivity index (χ2v) is 7.67. The lowest BCUT2D eigenvalue weighted by atomic mass is 10.0. The summed E-state index contributed by atoms with van der Waals surface area (Å²) in [4.78, 5) is 9.40. The Balaban J connectivity index is 1.77. The number of thioether (sulfide) groups is 1. The van der Waals surface area contributed by atoms with E-state index in [0.717, 1.165) is 22.3 Å². The van der Waals surface area contributed by atoms with Gasteiger partial charge in [0.15, 0.2) is 10.8 Å². The quantitative estimate of drug-likeness (QED) is 0.660. The third-order valence-corrected chi connectivity index (χ3v) is 5.26. The highest BCUT2D eigenvalue weighted by Crippen LogP contribution is 2.42. The fourth-order valence-electron chi connectivity index (χ4n) is 3.17. The van der Waals surface area contributed by atoms with Crippen LogP contribution >= 0.6 is 11.8 Å². The normalized spacial score (nSPS) is 15.7. The van der Waals surface area contributed by atoms with Gasteiger partial charge >= 0.3 is 0 Å². The van der Waals surface area contributed by atoms with E-state index >= 15 is 0 Å². The lowest BCUT2D eigenvalue weighted by Crippen LogP contribution is -2.17. The van der Waals surface area contributed by atoms with Crippen molar-refractivity contribution in [3.63, 3.8) is 0 Å². The van der Waals surface area contributed by atoms with Gasteiger partial charge in [0, 0.05) is 5.56 Å². The molecule has 2 aromatic heterocycles. The summed E-state index contributed by atoms with van der Waals surface area (Å²) < 4.78 is 1.85. The van der Waals surface area contributed by atoms with E-state index in [-0.39, 0.29) is 6.04 Å². The summed E-state index contributed by atoms with van der Waals surface area (Å²) in [6.45, 7) is 4.34. The summed E-state index contributed by atoms with van der Waals surface area (Å²) in [6.07, 6.45) is 6.44. The first-order valence-electron chi connectivity index (χ1n) is 8.78. The molecule has 1 aliphatic carbocycles. The second-order valence-electron chi connectivity index (χ2n) is 6.89. The molecule has 0 amide bonds. The average molecular weight is 353 g/mol. The van der Waals surface area contributed by atoms with Gasteiger partial charge in [-0.2, -0.15) is 14.6 Å². The smallest absolute Gasteiger partial charge is 0.228 e. The topological polar surface area (TPSA) is 55.1 Å². The van der Waals surface area contributed by atoms with E-state index in [1.165, 1.54) is 18.4 Å². The molecule has 0 radical (unpaired) electrons. The molecule has 6 heteroatoms. The predicted octanol–water partition coefficient (Wildman–Crippen LogP) is 4.53. The first kappa shape index (κ1) is 16.4. The van der Waals surface area contributed by atoms with Gasteiger partial charge in [0.2, 0.25) is 5.95 Å². The number of rotatable bonds is 6. The largest absolute Gasteiger partial charge is 0.347 e. The van der Waals surface area contributed by atoms with Crippen molar-refractivity contribution in [1.29, 1.82) is 0 Å². The highest BCUT2D eigenvalue weighted by Gasteiger charge is 2.33. The summed E-state index contributed by atoms with van der Waals surface area (Å²) in [7, 11) is 0. The zero-order chi connectivity index (χ0) is 17.4. The Morgan fingerprint density at radius 1 is 1.16 bits per heavy atom. The van der Waals surface area contributed by atoms with Crippen LogP contribution in [0.5, 0.6) is 0 Å². The second kappa shape index (κ2) is 6.67. The lowest BCUT2D eigenvalue weighted by Gasteiger charge is -2.20. The number of hydrogen-bond acceptors (Lipinski definition) is 5. The standard InChI is InChI=1S/C19H23N5S/c1-12(2)15-11-20-24-17(15)22-19(25-3)23-18(24)21-16(14-9-10-14)13-7-5-4-6-8-13/h4-8,11-12,14,16H,9-10H2,1-3H3,(H,21,22,23). The average Bonchev–Trinajstić information content (AvgIpc) is 3.37. The SMILES string of the molecule is CSc1nc(NC(c2ccccc2)C2CC2)n2ncc(C(C)C)c2n1. The molecule has 1 saturated carbocycles. The molecule has 1 aliphatic rings. The minimum Gasteiger partial charge on any atom is -0.347 e. The molecule has 0 saturated heterocycles. The number of anilines is 1. The van der Waals surface area contributed by atoms with Crippen LogP contribution in [0.1, 0.15) is 49.8 Å². The van der Waals surface area contributed by atoms with Crippen molar-refractivity contribution < 1.29 is 0 Å². The maximum Gasteiger partial charge on any atom is 0.228 e. The van der Waals surface area contributed by atoms with Gasteiger partial charge in [-0.3, -0.25) is 0 Å². The zero-order valence-electron chi connectivity index (χ0n) is 14.8. The Hall–Kier alpha value is -2.08. The number of fused-ring (bicyclic) bond motifs is 1. The maximum absolute atomic E-state index is 4.71. The minimum absolute atomic E-state index is 0.265. The van der Waals surface area contributed by atoms with Gasteiger partial charge in [-0.05, 0) is 36.5 Å². The van der Waals surface area contributed by atoms with Crippen LogP contribution in [0.3, 0.4) is 0 Å². The van der Waals surface area contributed by atoms with Gasteiger partial charge in [-0.15, -0.1) is 0 Å². The van der Waals surface area contributed by atoms with Gasteiger partial charge in [0.05, 0.1) is 12.2 Å². The third-order valence-electron chi connectivity index (χ3n) is 4.72. The Bertz CT molecular complexity index is 870. The molecule has 0 aliphatic heterocycles. The number of benzene rings is 1. The molecule has 0 spiro atoms. The highest BCUT2D eigenvalue weighted by molar-refractivity contribution is 7.98. The lowest BCUT2D eigenvalue weighted by molar-refractivity contribution is 0.659. The molecule has 1 fully saturated rings. The van der Waals surface area contributed by atoms with Crippen molar-refractivity contribution >= 4 is 23.4 Å². The van der Waals surface area contributed by atoms with Crippen molar-refractivity contribution in [2.75, 3.05) is 11.6 Å². The molecule has 5 nitrogen and oxygen atoms in total. The first-order valence-corrected chi connectivity index (χ1v) is 10.0. The summed E-state index contributed by atoms with van der Waals surface area (Å²) in [6, 6.07) is 10.9. The van der Waals surface area contributed by atoms with Crippen LogP contribution in [0.4, 0.5) is 5.95 Å². The highest BCUT2D eigenvalue weighted by atomic mass is 32.2. The van der Waals surface area contributed by atoms with Crippen molar-refractivity contribution in [3.05, 3.63) is 47.7 Å². The van der Waals surface area contributed by atoms with E-state index < -0.39 is 0 Å². The molecule has 0 bridgehead atoms. The van der Waals surface area contributed by atoms with Crippen LogP contribution in [0, 0.1) is 5.92 Å². The van der Waals surface area contributed by atoms with E-state index in [1.807, 2.05) is 17.0 Å². The van der Waals surface area contributed by atoms with Crippen LogP contribution in [0.15, 0.2) is 41.7 Å². The third kappa shape index (κ3) is 3.23. The number of nitrogens with zero attached hydrogens (tertiary/aromatic N) is 4. The predicted molar refractivity (Wildman–Crippen MR) is 102 cm³/mol. The summed E-state index contributed by atoms with van der Waals surface area (Å²) in [5, 5.41) is 9.00. The molecule has 1 unspecified atom stereocenters. The van der Waals surface area contributed by atoms with E-state index in [9.17, 15) is 0 Å². The summed E-state index contributed by atoms with van der Waals surface area (Å²) in [5.41, 5.74) is 3.36. The molecule has 1 atom stereocenters. The zero-order valence-corrected chi connectivity index (χ0v) is 15.6. The van der Waals surface area contributed by atoms with Crippen molar-refractivity contribution in [2.24, 2.45) is 5.92 Å². The van der Waals surface area contributed by atoms with Crippen molar-refractivity contribution in [3.8, 4) is 0 Å². The Morgan fingerprint density at radius 2 is 1.92 bits per heavy atom. The van der Waals surface area contributed by atoms with Gasteiger partial charge in [-0.25, -0.2) is 4.98 Å². The van der Waals surface area contributed by atoms with Crippen LogP contribution in [0.2, 0.25) is 0 Å². The fraction of sp³-hybridized carbons (Fsp3) is 0.421. The first-order chi connectivity index (χ1) is 12.2. The van der Waals surface area contributed by atoms with Gasteiger partial charge < -0.3 is 5.32 Å². The number of aromatic nitrogens is 4. The Morgan fingerprint density at radius 3 is 2.56 bits per heavy atom. The Labute approximate surface area is 152 Å². The number of nitrogens with one attached hydrogen (secondary N) is 1. The molecule has 1 N–H and O–H groups in total. The van der Waals surface area contributed by atoms with E-state index in [0.29, 0.717) is 11.8 Å². The molecule has 4 rings (SSSR count). The van der Waals surface area contributed by atoms with Gasteiger partial charge in [0.25, 0.3) is 0 Å².